The van der Waals surface area contributed by atoms with Crippen LogP contribution in [0.3, 0.4) is 0 Å². The Morgan fingerprint density at radius 2 is 1.62 bits per heavy atom. The lowest BCUT2D eigenvalue weighted by atomic mass is 10.1. The lowest BCUT2D eigenvalue weighted by molar-refractivity contribution is -0.140. The fourth-order valence-corrected chi connectivity index (χ4v) is 5.47. The largest absolute Gasteiger partial charge is 0.352 e. The van der Waals surface area contributed by atoms with Gasteiger partial charge in [-0.25, -0.2) is 4.39 Å². The predicted molar refractivity (Wildman–Crippen MR) is 122 cm³/mol. The zero-order valence-corrected chi connectivity index (χ0v) is 19.3. The average molecular weight is 466 g/mol. The predicted octanol–water partition coefficient (Wildman–Crippen LogP) is 2.73. The minimum atomic E-state index is -1.72. The summed E-state index contributed by atoms with van der Waals surface area (Å²) in [7, 11) is -1.72. The van der Waals surface area contributed by atoms with Crippen LogP contribution in [-0.2, 0) is 25.2 Å². The first kappa shape index (κ1) is 24.4. The van der Waals surface area contributed by atoms with E-state index in [2.05, 4.69) is 10.6 Å². The van der Waals surface area contributed by atoms with Gasteiger partial charge in [0, 0.05) is 28.6 Å². The van der Waals surface area contributed by atoms with E-state index in [1.807, 2.05) is 0 Å². The van der Waals surface area contributed by atoms with Gasteiger partial charge in [0.2, 0.25) is 17.7 Å². The number of halogens is 1. The third kappa shape index (κ3) is 6.85. The Balaban J connectivity index is 1.57. The Labute approximate surface area is 191 Å². The van der Waals surface area contributed by atoms with E-state index in [0.717, 1.165) is 51.4 Å². The molecule has 3 amide bonds. The maximum Gasteiger partial charge on any atom is 0.242 e. The Kier molecular flexibility index (Phi) is 8.78. The highest BCUT2D eigenvalue weighted by molar-refractivity contribution is 7.86. The van der Waals surface area contributed by atoms with Crippen molar-refractivity contribution in [1.29, 1.82) is 0 Å². The van der Waals surface area contributed by atoms with E-state index in [-0.39, 0.29) is 35.4 Å². The van der Waals surface area contributed by atoms with Gasteiger partial charge in [-0.2, -0.15) is 0 Å². The number of carbonyl (C=O) groups excluding carboxylic acids is 3. The molecule has 1 aromatic rings. The van der Waals surface area contributed by atoms with Crippen molar-refractivity contribution < 1.29 is 23.0 Å². The first-order valence-corrected chi connectivity index (χ1v) is 12.8. The number of anilines is 1. The minimum absolute atomic E-state index is 0.0446. The van der Waals surface area contributed by atoms with Gasteiger partial charge in [0.15, 0.2) is 0 Å². The monoisotopic (exact) mass is 465 g/mol. The molecule has 0 heterocycles. The fraction of sp³-hybridized carbons (Fsp3) is 0.609. The third-order valence-corrected chi connectivity index (χ3v) is 7.36. The molecule has 2 aliphatic rings. The summed E-state index contributed by atoms with van der Waals surface area (Å²) in [6, 6.07) is 4.73. The molecule has 0 bridgehead atoms. The van der Waals surface area contributed by atoms with Crippen LogP contribution < -0.4 is 10.6 Å². The molecule has 32 heavy (non-hydrogen) atoms. The van der Waals surface area contributed by atoms with Gasteiger partial charge in [-0.15, -0.1) is 0 Å². The normalized spacial score (nSPS) is 18.8. The smallest absolute Gasteiger partial charge is 0.242 e. The van der Waals surface area contributed by atoms with Gasteiger partial charge in [-0.05, 0) is 56.9 Å². The van der Waals surface area contributed by atoms with Gasteiger partial charge in [0.1, 0.15) is 23.4 Å². The molecule has 1 aromatic carbocycles. The molecule has 2 aliphatic carbocycles. The van der Waals surface area contributed by atoms with E-state index in [1.165, 1.54) is 24.3 Å². The van der Waals surface area contributed by atoms with Gasteiger partial charge in [0.05, 0.1) is 0 Å². The van der Waals surface area contributed by atoms with Crippen LogP contribution in [-0.4, -0.2) is 56.5 Å². The lowest BCUT2D eigenvalue weighted by Gasteiger charge is -2.34. The summed E-state index contributed by atoms with van der Waals surface area (Å²) in [5.41, 5.74) is 0.393. The van der Waals surface area contributed by atoms with Crippen LogP contribution in [0.25, 0.3) is 0 Å². The quantitative estimate of drug-likeness (QED) is 0.586. The molecule has 2 fully saturated rings. The molecule has 0 unspecified atom stereocenters. The SMILES string of the molecule is C[C@H](C(=O)NC1CCCC1)N(C(=O)C[S@](=O)CC(=O)Nc1ccc(F)cc1)C1CCCC1. The number of nitrogens with one attached hydrogen (secondary N) is 2. The van der Waals surface area contributed by atoms with Crippen molar-refractivity contribution in [2.45, 2.75) is 76.4 Å². The number of nitrogens with zero attached hydrogens (tertiary/aromatic N) is 1. The fourth-order valence-electron chi connectivity index (χ4n) is 4.58. The molecule has 0 aromatic heterocycles. The van der Waals surface area contributed by atoms with Crippen LogP contribution in [0, 0.1) is 5.82 Å². The molecule has 9 heteroatoms. The summed E-state index contributed by atoms with van der Waals surface area (Å²) in [4.78, 5) is 39.7. The third-order valence-electron chi connectivity index (χ3n) is 6.21. The number of benzene rings is 1. The molecule has 2 atom stereocenters. The molecule has 7 nitrogen and oxygen atoms in total. The molecular weight excluding hydrogens is 433 g/mol. The van der Waals surface area contributed by atoms with Crippen molar-refractivity contribution in [3.8, 4) is 0 Å². The number of hydrogen-bond donors (Lipinski definition) is 2. The molecule has 2 N–H and O–H groups in total. The highest BCUT2D eigenvalue weighted by Gasteiger charge is 2.35. The second-order valence-electron chi connectivity index (χ2n) is 8.69. The molecule has 0 aliphatic heterocycles. The first-order valence-electron chi connectivity index (χ1n) is 11.4. The van der Waals surface area contributed by atoms with Crippen molar-refractivity contribution in [2.75, 3.05) is 16.8 Å². The van der Waals surface area contributed by atoms with E-state index < -0.39 is 28.6 Å². The van der Waals surface area contributed by atoms with Crippen LogP contribution in [0.1, 0.15) is 58.3 Å². The van der Waals surface area contributed by atoms with E-state index >= 15 is 0 Å². The molecule has 3 rings (SSSR count). The van der Waals surface area contributed by atoms with Gasteiger partial charge < -0.3 is 15.5 Å². The van der Waals surface area contributed by atoms with Crippen molar-refractivity contribution in [3.63, 3.8) is 0 Å². The van der Waals surface area contributed by atoms with Crippen LogP contribution in [0.4, 0.5) is 10.1 Å². The lowest BCUT2D eigenvalue weighted by Crippen LogP contribution is -2.54. The summed E-state index contributed by atoms with van der Waals surface area (Å²) in [6.45, 7) is 1.73. The van der Waals surface area contributed by atoms with Crippen LogP contribution in [0.2, 0.25) is 0 Å². The standard InChI is InChI=1S/C23H32FN3O4S/c1-16(23(30)26-18-6-2-3-7-18)27(20-8-4-5-9-20)22(29)15-32(31)14-21(28)25-19-12-10-17(24)11-13-19/h10-13,16,18,20H,2-9,14-15H2,1H3,(H,25,28)(H,26,30)/t16-,32-/m1/s1. The van der Waals surface area contributed by atoms with Gasteiger partial charge in [-0.3, -0.25) is 18.6 Å². The molecule has 2 saturated carbocycles. The summed E-state index contributed by atoms with van der Waals surface area (Å²) < 4.78 is 25.5. The number of amides is 3. The van der Waals surface area contributed by atoms with E-state index in [4.69, 9.17) is 0 Å². The Morgan fingerprint density at radius 1 is 1.03 bits per heavy atom. The molecule has 0 spiro atoms. The molecule has 0 saturated heterocycles. The Bertz CT molecular complexity index is 836. The zero-order chi connectivity index (χ0) is 23.1. The van der Waals surface area contributed by atoms with Gasteiger partial charge in [0.25, 0.3) is 0 Å². The Morgan fingerprint density at radius 3 is 2.25 bits per heavy atom. The highest BCUT2D eigenvalue weighted by Crippen LogP contribution is 2.26. The van der Waals surface area contributed by atoms with Crippen molar-refractivity contribution in [1.82, 2.24) is 10.2 Å². The zero-order valence-electron chi connectivity index (χ0n) is 18.5. The maximum atomic E-state index is 13.1. The number of hydrogen-bond acceptors (Lipinski definition) is 4. The average Bonchev–Trinajstić information content (AvgIpc) is 3.44. The topological polar surface area (TPSA) is 95.6 Å². The Hall–Kier alpha value is -2.29. The van der Waals surface area contributed by atoms with Crippen molar-refractivity contribution >= 4 is 34.2 Å². The van der Waals surface area contributed by atoms with E-state index in [0.29, 0.717) is 5.69 Å². The summed E-state index contributed by atoms with van der Waals surface area (Å²) in [5.74, 6) is -2.12. The number of rotatable bonds is 9. The number of carbonyl (C=O) groups is 3. The van der Waals surface area contributed by atoms with Crippen LogP contribution >= 0.6 is 0 Å². The van der Waals surface area contributed by atoms with Crippen LogP contribution in [0.5, 0.6) is 0 Å². The molecular formula is C23H32FN3O4S. The van der Waals surface area contributed by atoms with Crippen molar-refractivity contribution in [3.05, 3.63) is 30.1 Å². The minimum Gasteiger partial charge on any atom is -0.352 e. The van der Waals surface area contributed by atoms with Crippen molar-refractivity contribution in [2.24, 2.45) is 0 Å². The first-order chi connectivity index (χ1) is 15.3. The van der Waals surface area contributed by atoms with Gasteiger partial charge in [-0.1, -0.05) is 25.7 Å². The van der Waals surface area contributed by atoms with Crippen LogP contribution in [0.15, 0.2) is 24.3 Å². The van der Waals surface area contributed by atoms with E-state index in [9.17, 15) is 23.0 Å². The molecule has 176 valence electrons. The summed E-state index contributed by atoms with van der Waals surface area (Å²) in [5, 5.41) is 5.61. The summed E-state index contributed by atoms with van der Waals surface area (Å²) in [6.07, 6.45) is 7.76. The second-order valence-corrected chi connectivity index (χ2v) is 10.1. The summed E-state index contributed by atoms with van der Waals surface area (Å²) >= 11 is 0. The highest BCUT2D eigenvalue weighted by atomic mass is 32.2. The second kappa shape index (κ2) is 11.5. The van der Waals surface area contributed by atoms with E-state index in [1.54, 1.807) is 11.8 Å². The maximum absolute atomic E-state index is 13.1. The molecule has 0 radical (unpaired) electrons. The van der Waals surface area contributed by atoms with Gasteiger partial charge >= 0.3 is 0 Å².